The molecule has 0 spiro atoms. The van der Waals surface area contributed by atoms with Gasteiger partial charge in [-0.25, -0.2) is 4.39 Å². The second-order valence-electron chi connectivity index (χ2n) is 5.40. The molecule has 2 rings (SSSR count). The average molecular weight is 355 g/mol. The highest BCUT2D eigenvalue weighted by Gasteiger charge is 2.34. The zero-order valence-corrected chi connectivity index (χ0v) is 13.5. The van der Waals surface area contributed by atoms with E-state index < -0.39 is 23.5 Å². The second kappa shape index (κ2) is 8.00. The molecule has 2 aromatic carbocycles. The Bertz CT molecular complexity index is 727. The van der Waals surface area contributed by atoms with Crippen LogP contribution in [0.15, 0.2) is 42.5 Å². The second-order valence-corrected chi connectivity index (χ2v) is 5.40. The van der Waals surface area contributed by atoms with E-state index in [0.717, 1.165) is 17.4 Å². The van der Waals surface area contributed by atoms with E-state index in [1.807, 2.05) is 24.3 Å². The summed E-state index contributed by atoms with van der Waals surface area (Å²) in [4.78, 5) is 11.9. The number of carbonyl (C=O) groups excluding carboxylic acids is 1. The standard InChI is InChI=1S/C18H17F4NO2/c1-25-14-7-4-12(5-8-14)3-2-10-23-17(24)13-6-9-16(19)15(11-13)18(20,21)22/h4-9,11H,2-3,10H2,1H3,(H,23,24). The largest absolute Gasteiger partial charge is 0.497 e. The van der Waals surface area contributed by atoms with E-state index in [1.165, 1.54) is 0 Å². The van der Waals surface area contributed by atoms with Crippen molar-refractivity contribution in [3.63, 3.8) is 0 Å². The Kier molecular flexibility index (Phi) is 6.01. The molecule has 25 heavy (non-hydrogen) atoms. The van der Waals surface area contributed by atoms with Gasteiger partial charge in [0.1, 0.15) is 11.6 Å². The third-order valence-electron chi connectivity index (χ3n) is 3.62. The molecule has 0 aliphatic heterocycles. The lowest BCUT2D eigenvalue weighted by atomic mass is 10.1. The summed E-state index contributed by atoms with van der Waals surface area (Å²) in [5, 5.41) is 2.54. The normalized spacial score (nSPS) is 11.2. The van der Waals surface area contributed by atoms with Crippen LogP contribution in [-0.2, 0) is 12.6 Å². The fourth-order valence-electron chi connectivity index (χ4n) is 2.27. The Morgan fingerprint density at radius 2 is 1.80 bits per heavy atom. The molecule has 134 valence electrons. The van der Waals surface area contributed by atoms with Crippen molar-refractivity contribution < 1.29 is 27.1 Å². The number of alkyl halides is 3. The molecule has 0 saturated carbocycles. The van der Waals surface area contributed by atoms with Gasteiger partial charge in [-0.3, -0.25) is 4.79 Å². The average Bonchev–Trinajstić information content (AvgIpc) is 2.58. The minimum absolute atomic E-state index is 0.224. The predicted octanol–water partition coefficient (Wildman–Crippen LogP) is 4.22. The smallest absolute Gasteiger partial charge is 0.419 e. The van der Waals surface area contributed by atoms with Crippen molar-refractivity contribution in [2.24, 2.45) is 0 Å². The number of hydrogen-bond acceptors (Lipinski definition) is 2. The minimum atomic E-state index is -4.84. The number of ether oxygens (including phenoxy) is 1. The summed E-state index contributed by atoms with van der Waals surface area (Å²) < 4.78 is 56.2. The Balaban J connectivity index is 1.88. The highest BCUT2D eigenvalue weighted by atomic mass is 19.4. The van der Waals surface area contributed by atoms with Crippen molar-refractivity contribution in [2.75, 3.05) is 13.7 Å². The van der Waals surface area contributed by atoms with Gasteiger partial charge in [-0.15, -0.1) is 0 Å². The first-order valence-electron chi connectivity index (χ1n) is 7.59. The van der Waals surface area contributed by atoms with E-state index in [9.17, 15) is 22.4 Å². The fraction of sp³-hybridized carbons (Fsp3) is 0.278. The molecule has 0 unspecified atom stereocenters. The van der Waals surface area contributed by atoms with Crippen molar-refractivity contribution in [3.05, 3.63) is 65.0 Å². The third-order valence-corrected chi connectivity index (χ3v) is 3.62. The molecule has 0 aromatic heterocycles. The molecule has 1 amide bonds. The van der Waals surface area contributed by atoms with Crippen LogP contribution in [0.3, 0.4) is 0 Å². The number of methoxy groups -OCH3 is 1. The maximum absolute atomic E-state index is 13.2. The fourth-order valence-corrected chi connectivity index (χ4v) is 2.27. The van der Waals surface area contributed by atoms with Crippen LogP contribution in [-0.4, -0.2) is 19.6 Å². The van der Waals surface area contributed by atoms with Gasteiger partial charge in [-0.2, -0.15) is 13.2 Å². The number of hydrogen-bond donors (Lipinski definition) is 1. The number of nitrogens with one attached hydrogen (secondary N) is 1. The molecule has 3 nitrogen and oxygen atoms in total. The topological polar surface area (TPSA) is 38.3 Å². The molecule has 0 radical (unpaired) electrons. The monoisotopic (exact) mass is 355 g/mol. The third kappa shape index (κ3) is 5.20. The lowest BCUT2D eigenvalue weighted by molar-refractivity contribution is -0.140. The van der Waals surface area contributed by atoms with E-state index in [2.05, 4.69) is 5.32 Å². The van der Waals surface area contributed by atoms with Gasteiger partial charge < -0.3 is 10.1 Å². The Morgan fingerprint density at radius 1 is 1.12 bits per heavy atom. The SMILES string of the molecule is COc1ccc(CCCNC(=O)c2ccc(F)c(C(F)(F)F)c2)cc1. The van der Waals surface area contributed by atoms with Crippen LogP contribution < -0.4 is 10.1 Å². The molecule has 0 fully saturated rings. The summed E-state index contributed by atoms with van der Waals surface area (Å²) in [6, 6.07) is 9.65. The molecule has 0 bridgehead atoms. The van der Waals surface area contributed by atoms with Gasteiger partial charge in [-0.05, 0) is 48.7 Å². The van der Waals surface area contributed by atoms with E-state index in [1.54, 1.807) is 7.11 Å². The summed E-state index contributed by atoms with van der Waals surface area (Å²) >= 11 is 0. The maximum atomic E-state index is 13.2. The summed E-state index contributed by atoms with van der Waals surface area (Å²) in [6.45, 7) is 0.295. The number of amides is 1. The number of benzene rings is 2. The number of carbonyl (C=O) groups is 1. The first-order chi connectivity index (χ1) is 11.8. The van der Waals surface area contributed by atoms with Crippen LogP contribution in [0.5, 0.6) is 5.75 Å². The molecule has 0 saturated heterocycles. The Morgan fingerprint density at radius 3 is 2.40 bits per heavy atom. The van der Waals surface area contributed by atoms with Crippen molar-refractivity contribution in [3.8, 4) is 5.75 Å². The maximum Gasteiger partial charge on any atom is 0.419 e. The summed E-state index contributed by atoms with van der Waals surface area (Å²) in [5.41, 5.74) is -0.618. The first kappa shape index (κ1) is 18.8. The van der Waals surface area contributed by atoms with Crippen molar-refractivity contribution >= 4 is 5.91 Å². The predicted molar refractivity (Wildman–Crippen MR) is 85.1 cm³/mol. The summed E-state index contributed by atoms with van der Waals surface area (Å²) in [5.74, 6) is -1.32. The van der Waals surface area contributed by atoms with Crippen molar-refractivity contribution in [2.45, 2.75) is 19.0 Å². The quantitative estimate of drug-likeness (QED) is 0.623. The van der Waals surface area contributed by atoms with Crippen LogP contribution >= 0.6 is 0 Å². The highest BCUT2D eigenvalue weighted by Crippen LogP contribution is 2.31. The van der Waals surface area contributed by atoms with E-state index in [4.69, 9.17) is 4.74 Å². The summed E-state index contributed by atoms with van der Waals surface area (Å²) in [7, 11) is 1.57. The van der Waals surface area contributed by atoms with Gasteiger partial charge in [0.05, 0.1) is 12.7 Å². The van der Waals surface area contributed by atoms with E-state index in [-0.39, 0.29) is 5.56 Å². The molecule has 0 heterocycles. The van der Waals surface area contributed by atoms with Crippen LogP contribution in [0.4, 0.5) is 17.6 Å². The number of aryl methyl sites for hydroxylation is 1. The Labute approximate surface area is 142 Å². The van der Waals surface area contributed by atoms with Crippen LogP contribution in [0.2, 0.25) is 0 Å². The molecule has 0 aliphatic rings. The van der Waals surface area contributed by atoms with Crippen LogP contribution in [0.1, 0.15) is 27.9 Å². The Hall–Kier alpha value is -2.57. The van der Waals surface area contributed by atoms with Gasteiger partial charge in [0.25, 0.3) is 5.91 Å². The molecule has 1 N–H and O–H groups in total. The van der Waals surface area contributed by atoms with Crippen molar-refractivity contribution in [1.29, 1.82) is 0 Å². The molecule has 7 heteroatoms. The van der Waals surface area contributed by atoms with Crippen LogP contribution in [0, 0.1) is 5.82 Å². The lowest BCUT2D eigenvalue weighted by Gasteiger charge is -2.10. The van der Waals surface area contributed by atoms with Gasteiger partial charge in [0.15, 0.2) is 0 Å². The van der Waals surface area contributed by atoms with Gasteiger partial charge in [0, 0.05) is 12.1 Å². The summed E-state index contributed by atoms with van der Waals surface area (Å²) in [6.07, 6.45) is -3.53. The van der Waals surface area contributed by atoms with Crippen LogP contribution in [0.25, 0.3) is 0 Å². The zero-order chi connectivity index (χ0) is 18.4. The molecular weight excluding hydrogens is 338 g/mol. The molecular formula is C18H17F4NO2. The number of rotatable bonds is 6. The molecule has 0 atom stereocenters. The minimum Gasteiger partial charge on any atom is -0.497 e. The van der Waals surface area contributed by atoms with E-state index >= 15 is 0 Å². The molecule has 2 aromatic rings. The van der Waals surface area contributed by atoms with E-state index in [0.29, 0.717) is 31.5 Å². The zero-order valence-electron chi connectivity index (χ0n) is 13.5. The lowest BCUT2D eigenvalue weighted by Crippen LogP contribution is -2.25. The van der Waals surface area contributed by atoms with Gasteiger partial charge >= 0.3 is 6.18 Å². The van der Waals surface area contributed by atoms with Gasteiger partial charge in [0.2, 0.25) is 0 Å². The first-order valence-corrected chi connectivity index (χ1v) is 7.59. The number of halogens is 4. The van der Waals surface area contributed by atoms with Crippen molar-refractivity contribution in [1.82, 2.24) is 5.32 Å². The van der Waals surface area contributed by atoms with Gasteiger partial charge in [-0.1, -0.05) is 12.1 Å². The highest BCUT2D eigenvalue weighted by molar-refractivity contribution is 5.94. The molecule has 0 aliphatic carbocycles.